The Hall–Kier alpha value is -2.72. The van der Waals surface area contributed by atoms with Gasteiger partial charge in [0.05, 0.1) is 12.7 Å². The Balaban J connectivity index is 1.84. The number of amides is 1. The van der Waals surface area contributed by atoms with E-state index in [9.17, 15) is 22.4 Å². The summed E-state index contributed by atoms with van der Waals surface area (Å²) in [6, 6.07) is 4.57. The van der Waals surface area contributed by atoms with E-state index in [0.29, 0.717) is 13.1 Å². The highest BCUT2D eigenvalue weighted by Gasteiger charge is 2.31. The fourth-order valence-corrected chi connectivity index (χ4v) is 4.64. The van der Waals surface area contributed by atoms with Gasteiger partial charge in [-0.15, -0.1) is 0 Å². The number of furan rings is 1. The Bertz CT molecular complexity index is 1020. The summed E-state index contributed by atoms with van der Waals surface area (Å²) in [7, 11) is -2.62. The van der Waals surface area contributed by atoms with Crippen molar-refractivity contribution in [3.05, 3.63) is 47.2 Å². The molecule has 3 rings (SSSR count). The van der Waals surface area contributed by atoms with E-state index in [-0.39, 0.29) is 27.7 Å². The molecule has 1 saturated heterocycles. The molecule has 0 saturated carbocycles. The molecule has 28 heavy (non-hydrogen) atoms. The maximum absolute atomic E-state index is 13.7. The van der Waals surface area contributed by atoms with Crippen molar-refractivity contribution in [3.63, 3.8) is 0 Å². The zero-order valence-electron chi connectivity index (χ0n) is 15.3. The fourth-order valence-electron chi connectivity index (χ4n) is 2.96. The van der Waals surface area contributed by atoms with E-state index in [4.69, 9.17) is 4.42 Å². The van der Waals surface area contributed by atoms with Crippen molar-refractivity contribution in [2.24, 2.45) is 0 Å². The summed E-state index contributed by atoms with van der Waals surface area (Å²) >= 11 is 0. The summed E-state index contributed by atoms with van der Waals surface area (Å²) in [6.45, 7) is 2.33. The molecule has 1 aromatic heterocycles. The van der Waals surface area contributed by atoms with Crippen LogP contribution in [0.25, 0.3) is 0 Å². The van der Waals surface area contributed by atoms with Crippen LogP contribution in [0.4, 0.5) is 10.1 Å². The molecular weight excluding hydrogens is 391 g/mol. The molecule has 2 aromatic rings. The molecular formula is C18H19FN2O6S. The molecule has 150 valence electrons. The van der Waals surface area contributed by atoms with E-state index in [0.717, 1.165) is 32.1 Å². The quantitative estimate of drug-likeness (QED) is 0.760. The molecule has 1 amide bonds. The van der Waals surface area contributed by atoms with E-state index in [1.165, 1.54) is 23.4 Å². The van der Waals surface area contributed by atoms with E-state index >= 15 is 0 Å². The van der Waals surface area contributed by atoms with Crippen LogP contribution in [0.3, 0.4) is 0 Å². The Morgan fingerprint density at radius 3 is 2.54 bits per heavy atom. The third-order valence-corrected chi connectivity index (χ3v) is 6.41. The Kier molecular flexibility index (Phi) is 5.52. The molecule has 1 aliphatic heterocycles. The van der Waals surface area contributed by atoms with Crippen molar-refractivity contribution >= 4 is 27.6 Å². The zero-order chi connectivity index (χ0) is 20.5. The number of halogens is 1. The number of carbonyl (C=O) groups excluding carboxylic acids is 2. The molecule has 0 unspecified atom stereocenters. The Morgan fingerprint density at radius 1 is 1.21 bits per heavy atom. The maximum atomic E-state index is 13.7. The molecule has 8 nitrogen and oxygen atoms in total. The molecule has 0 bridgehead atoms. The maximum Gasteiger partial charge on any atom is 0.340 e. The highest BCUT2D eigenvalue weighted by atomic mass is 32.2. The first-order chi connectivity index (χ1) is 13.2. The minimum Gasteiger partial charge on any atom is -0.465 e. The lowest BCUT2D eigenvalue weighted by atomic mass is 10.2. The van der Waals surface area contributed by atoms with E-state index in [1.54, 1.807) is 0 Å². The normalized spacial score (nSPS) is 14.8. The molecule has 0 radical (unpaired) electrons. The van der Waals surface area contributed by atoms with E-state index in [2.05, 4.69) is 10.1 Å². The lowest BCUT2D eigenvalue weighted by Crippen LogP contribution is -2.28. The number of nitrogens with one attached hydrogen (secondary N) is 1. The van der Waals surface area contributed by atoms with Gasteiger partial charge in [-0.25, -0.2) is 17.6 Å². The molecule has 0 atom stereocenters. The van der Waals surface area contributed by atoms with Crippen molar-refractivity contribution in [3.8, 4) is 0 Å². The van der Waals surface area contributed by atoms with Crippen LogP contribution >= 0.6 is 0 Å². The summed E-state index contributed by atoms with van der Waals surface area (Å²) in [5.74, 6) is -2.52. The van der Waals surface area contributed by atoms with Crippen LogP contribution in [0.5, 0.6) is 0 Å². The molecule has 1 aromatic carbocycles. The van der Waals surface area contributed by atoms with E-state index in [1.807, 2.05) is 0 Å². The van der Waals surface area contributed by atoms with Gasteiger partial charge < -0.3 is 14.5 Å². The number of rotatable bonds is 5. The second-order valence-electron chi connectivity index (χ2n) is 6.28. The number of benzene rings is 1. The van der Waals surface area contributed by atoms with Gasteiger partial charge in [0.1, 0.15) is 16.5 Å². The van der Waals surface area contributed by atoms with Gasteiger partial charge in [-0.1, -0.05) is 0 Å². The summed E-state index contributed by atoms with van der Waals surface area (Å²) < 4.78 is 50.2. The number of anilines is 1. The summed E-state index contributed by atoms with van der Waals surface area (Å²) in [6.07, 6.45) is 1.58. The number of hydrogen-bond donors (Lipinski definition) is 1. The predicted octanol–water partition coefficient (Wildman–Crippen LogP) is 2.55. The van der Waals surface area contributed by atoms with Crippen molar-refractivity contribution in [2.75, 3.05) is 25.5 Å². The fraction of sp³-hybridized carbons (Fsp3) is 0.333. The third kappa shape index (κ3) is 3.78. The molecule has 0 aliphatic carbocycles. The smallest absolute Gasteiger partial charge is 0.340 e. The average Bonchev–Trinajstić information content (AvgIpc) is 3.33. The van der Waals surface area contributed by atoms with Crippen LogP contribution < -0.4 is 5.32 Å². The van der Waals surface area contributed by atoms with E-state index < -0.39 is 27.7 Å². The number of hydrogen-bond acceptors (Lipinski definition) is 6. The third-order valence-electron chi connectivity index (χ3n) is 4.41. The number of nitrogens with zero attached hydrogens (tertiary/aromatic N) is 1. The number of carbonyl (C=O) groups is 2. The molecule has 0 spiro atoms. The van der Waals surface area contributed by atoms with Gasteiger partial charge in [0.2, 0.25) is 10.0 Å². The van der Waals surface area contributed by atoms with Crippen molar-refractivity contribution in [1.82, 2.24) is 4.31 Å². The highest BCUT2D eigenvalue weighted by molar-refractivity contribution is 7.89. The summed E-state index contributed by atoms with van der Waals surface area (Å²) in [4.78, 5) is 23.9. The number of esters is 1. The van der Waals surface area contributed by atoms with Crippen molar-refractivity contribution in [1.29, 1.82) is 0 Å². The Labute approximate surface area is 161 Å². The van der Waals surface area contributed by atoms with Gasteiger partial charge in [-0.05, 0) is 38.0 Å². The number of aryl methyl sites for hydroxylation is 1. The lowest BCUT2D eigenvalue weighted by molar-refractivity contribution is 0.0595. The van der Waals surface area contributed by atoms with Gasteiger partial charge in [0, 0.05) is 24.8 Å². The van der Waals surface area contributed by atoms with Crippen LogP contribution in [0.2, 0.25) is 0 Å². The van der Waals surface area contributed by atoms with Gasteiger partial charge in [-0.3, -0.25) is 4.79 Å². The van der Waals surface area contributed by atoms with Crippen LogP contribution in [-0.2, 0) is 14.8 Å². The van der Waals surface area contributed by atoms with Crippen LogP contribution in [0, 0.1) is 12.7 Å². The summed E-state index contributed by atoms with van der Waals surface area (Å²) in [5, 5.41) is 2.45. The highest BCUT2D eigenvalue weighted by Crippen LogP contribution is 2.27. The number of methoxy groups -OCH3 is 1. The van der Waals surface area contributed by atoms with Crippen molar-refractivity contribution < 1.29 is 31.6 Å². The largest absolute Gasteiger partial charge is 0.465 e. The first kappa shape index (κ1) is 20.0. The predicted molar refractivity (Wildman–Crippen MR) is 97.1 cm³/mol. The van der Waals surface area contributed by atoms with Crippen LogP contribution in [0.1, 0.15) is 39.5 Å². The Morgan fingerprint density at radius 2 is 1.89 bits per heavy atom. The van der Waals surface area contributed by atoms with Gasteiger partial charge in [-0.2, -0.15) is 4.31 Å². The monoisotopic (exact) mass is 410 g/mol. The van der Waals surface area contributed by atoms with Gasteiger partial charge in [0.15, 0.2) is 5.76 Å². The first-order valence-corrected chi connectivity index (χ1v) is 9.98. The van der Waals surface area contributed by atoms with Gasteiger partial charge >= 0.3 is 5.97 Å². The summed E-state index contributed by atoms with van der Waals surface area (Å²) in [5.41, 5.74) is -0.210. The van der Waals surface area contributed by atoms with Gasteiger partial charge in [0.25, 0.3) is 5.91 Å². The minimum atomic E-state index is -3.73. The molecule has 1 N–H and O–H groups in total. The SMILES string of the molecule is COC(=O)c1cc(NC(=O)c2cc(S(=O)(=O)N3CCCC3)c(C)o2)ccc1F. The first-order valence-electron chi connectivity index (χ1n) is 8.54. The van der Waals surface area contributed by atoms with Crippen LogP contribution in [0.15, 0.2) is 33.6 Å². The second kappa shape index (κ2) is 7.72. The molecule has 1 aliphatic rings. The van der Waals surface area contributed by atoms with Crippen molar-refractivity contribution in [2.45, 2.75) is 24.7 Å². The molecule has 2 heterocycles. The molecule has 10 heteroatoms. The average molecular weight is 410 g/mol. The lowest BCUT2D eigenvalue weighted by Gasteiger charge is -2.14. The number of ether oxygens (including phenoxy) is 1. The van der Waals surface area contributed by atoms with Crippen LogP contribution in [-0.4, -0.2) is 44.8 Å². The minimum absolute atomic E-state index is 0.0612. The topological polar surface area (TPSA) is 106 Å². The number of sulfonamides is 1. The zero-order valence-corrected chi connectivity index (χ0v) is 16.1. The second-order valence-corrected chi connectivity index (χ2v) is 8.19. The standard InChI is InChI=1S/C18H19FN2O6S/c1-11-16(28(24,25)21-7-3-4-8-21)10-15(27-11)17(22)20-12-5-6-14(19)13(9-12)18(23)26-2/h5-6,9-10H,3-4,7-8H2,1-2H3,(H,20,22). The molecule has 1 fully saturated rings.